The van der Waals surface area contributed by atoms with Gasteiger partial charge in [0.15, 0.2) is 11.7 Å². The van der Waals surface area contributed by atoms with Crippen LogP contribution in [-0.4, -0.2) is 65.5 Å². The summed E-state index contributed by atoms with van der Waals surface area (Å²) in [6.07, 6.45) is 2.42. The number of amides is 2. The second-order valence-corrected chi connectivity index (χ2v) is 8.23. The Kier molecular flexibility index (Phi) is 5.46. The summed E-state index contributed by atoms with van der Waals surface area (Å²) in [7, 11) is 0. The third kappa shape index (κ3) is 4.16. The maximum atomic E-state index is 13.1. The number of hydrogen-bond donors (Lipinski definition) is 2. The lowest BCUT2D eigenvalue weighted by molar-refractivity contribution is -0.188. The summed E-state index contributed by atoms with van der Waals surface area (Å²) in [6, 6.07) is 7.41. The normalized spacial score (nSPS) is 22.5. The molecule has 1 aromatic carbocycles. The number of hydrogen-bond acceptors (Lipinski definition) is 6. The van der Waals surface area contributed by atoms with Gasteiger partial charge in [-0.2, -0.15) is 0 Å². The molecular weight excluding hydrogens is 392 g/mol. The Morgan fingerprint density at radius 2 is 1.90 bits per heavy atom. The molecule has 4 rings (SSSR count). The van der Waals surface area contributed by atoms with Crippen molar-refractivity contribution in [1.82, 2.24) is 10.2 Å². The number of carboxylic acid groups (broad SMARTS) is 1. The van der Waals surface area contributed by atoms with Gasteiger partial charge in [-0.3, -0.25) is 19.2 Å². The molecule has 1 aromatic rings. The van der Waals surface area contributed by atoms with E-state index < -0.39 is 41.6 Å². The molecule has 1 atom stereocenters. The predicted octanol–water partition coefficient (Wildman–Crippen LogP) is 0.363. The van der Waals surface area contributed by atoms with Gasteiger partial charge in [0.2, 0.25) is 11.8 Å². The van der Waals surface area contributed by atoms with Gasteiger partial charge in [-0.15, -0.1) is 0 Å². The molecule has 9 nitrogen and oxygen atoms in total. The van der Waals surface area contributed by atoms with E-state index in [-0.39, 0.29) is 26.2 Å². The Balaban J connectivity index is 1.47. The summed E-state index contributed by atoms with van der Waals surface area (Å²) in [4.78, 5) is 50.2. The van der Waals surface area contributed by atoms with Gasteiger partial charge in [-0.05, 0) is 36.5 Å². The Hall–Kier alpha value is -2.94. The van der Waals surface area contributed by atoms with Crippen LogP contribution < -0.4 is 10.1 Å². The van der Waals surface area contributed by atoms with Crippen molar-refractivity contribution in [1.29, 1.82) is 0 Å². The highest BCUT2D eigenvalue weighted by Gasteiger charge is 2.56. The first-order valence-electron chi connectivity index (χ1n) is 10.0. The van der Waals surface area contributed by atoms with E-state index in [0.717, 1.165) is 11.3 Å². The Morgan fingerprint density at radius 1 is 1.20 bits per heavy atom. The van der Waals surface area contributed by atoms with E-state index in [1.807, 2.05) is 24.3 Å². The number of aliphatic carboxylic acids is 1. The van der Waals surface area contributed by atoms with Gasteiger partial charge < -0.3 is 24.8 Å². The zero-order chi connectivity index (χ0) is 21.3. The fraction of sp³-hybridized carbons (Fsp3) is 0.524. The lowest BCUT2D eigenvalue weighted by atomic mass is 9.78. The third-order valence-electron chi connectivity index (χ3n) is 5.77. The molecule has 3 fully saturated rings. The summed E-state index contributed by atoms with van der Waals surface area (Å²) in [5.74, 6) is -3.37. The van der Waals surface area contributed by atoms with E-state index in [4.69, 9.17) is 14.6 Å². The molecule has 0 aromatic heterocycles. The molecule has 9 heteroatoms. The van der Waals surface area contributed by atoms with Gasteiger partial charge in [-0.25, -0.2) is 0 Å². The van der Waals surface area contributed by atoms with Crippen LogP contribution in [0, 0.1) is 11.8 Å². The minimum atomic E-state index is -1.53. The van der Waals surface area contributed by atoms with Crippen LogP contribution in [0.25, 0.3) is 0 Å². The fourth-order valence-electron chi connectivity index (χ4n) is 3.79. The SMILES string of the molecule is O=C(O)CNC(=O)C1C(=O)CC2(COC2)N(Cc2ccc(OCC3CC3)cc2)C1=O. The second-order valence-electron chi connectivity index (χ2n) is 8.23. The van der Waals surface area contributed by atoms with Crippen molar-refractivity contribution >= 4 is 23.6 Å². The first-order chi connectivity index (χ1) is 14.4. The molecule has 2 N–H and O–H groups in total. The fourth-order valence-corrected chi connectivity index (χ4v) is 3.79. The van der Waals surface area contributed by atoms with E-state index in [2.05, 4.69) is 5.32 Å². The van der Waals surface area contributed by atoms with E-state index >= 15 is 0 Å². The highest BCUT2D eigenvalue weighted by atomic mass is 16.5. The number of carbonyl (C=O) groups is 4. The van der Waals surface area contributed by atoms with Gasteiger partial charge in [0.25, 0.3) is 0 Å². The average Bonchev–Trinajstić information content (AvgIpc) is 3.51. The molecule has 3 aliphatic rings. The lowest BCUT2D eigenvalue weighted by Gasteiger charge is -2.52. The Morgan fingerprint density at radius 3 is 2.47 bits per heavy atom. The molecule has 1 saturated carbocycles. The molecule has 2 saturated heterocycles. The number of nitrogens with one attached hydrogen (secondary N) is 1. The molecule has 2 amide bonds. The van der Waals surface area contributed by atoms with Crippen molar-refractivity contribution in [3.8, 4) is 5.75 Å². The summed E-state index contributed by atoms with van der Waals surface area (Å²) >= 11 is 0. The van der Waals surface area contributed by atoms with Crippen LogP contribution >= 0.6 is 0 Å². The smallest absolute Gasteiger partial charge is 0.322 e. The number of benzene rings is 1. The number of nitrogens with zero attached hydrogens (tertiary/aromatic N) is 1. The Bertz CT molecular complexity index is 859. The number of carbonyl (C=O) groups excluding carboxylic acids is 3. The summed E-state index contributed by atoms with van der Waals surface area (Å²) in [5, 5.41) is 10.9. The lowest BCUT2D eigenvalue weighted by Crippen LogP contribution is -2.70. The maximum absolute atomic E-state index is 13.1. The zero-order valence-electron chi connectivity index (χ0n) is 16.5. The van der Waals surface area contributed by atoms with Crippen LogP contribution in [0.1, 0.15) is 24.8 Å². The topological polar surface area (TPSA) is 122 Å². The third-order valence-corrected chi connectivity index (χ3v) is 5.77. The first kappa shape index (κ1) is 20.3. The molecule has 0 radical (unpaired) electrons. The summed E-state index contributed by atoms with van der Waals surface area (Å²) < 4.78 is 11.0. The van der Waals surface area contributed by atoms with Crippen LogP contribution in [-0.2, 0) is 30.5 Å². The number of piperidine rings is 1. The first-order valence-corrected chi connectivity index (χ1v) is 10.0. The molecule has 30 heavy (non-hydrogen) atoms. The van der Waals surface area contributed by atoms with Crippen molar-refractivity contribution in [2.45, 2.75) is 31.3 Å². The van der Waals surface area contributed by atoms with E-state index in [1.165, 1.54) is 17.7 Å². The van der Waals surface area contributed by atoms with Crippen LogP contribution in [0.4, 0.5) is 0 Å². The van der Waals surface area contributed by atoms with Crippen molar-refractivity contribution in [2.75, 3.05) is 26.4 Å². The summed E-state index contributed by atoms with van der Waals surface area (Å²) in [5.41, 5.74) is 0.0891. The zero-order valence-corrected chi connectivity index (χ0v) is 16.5. The average molecular weight is 416 g/mol. The van der Waals surface area contributed by atoms with Crippen molar-refractivity contribution in [3.05, 3.63) is 29.8 Å². The molecule has 2 heterocycles. The number of likely N-dealkylation sites (tertiary alicyclic amines) is 1. The number of ether oxygens (including phenoxy) is 2. The molecule has 160 valence electrons. The monoisotopic (exact) mass is 416 g/mol. The summed E-state index contributed by atoms with van der Waals surface area (Å²) in [6.45, 7) is 0.750. The van der Waals surface area contributed by atoms with Crippen molar-refractivity contribution in [2.24, 2.45) is 11.8 Å². The van der Waals surface area contributed by atoms with Crippen molar-refractivity contribution in [3.63, 3.8) is 0 Å². The van der Waals surface area contributed by atoms with Crippen LogP contribution in [0.2, 0.25) is 0 Å². The Labute approximate surface area is 173 Å². The van der Waals surface area contributed by atoms with Gasteiger partial charge >= 0.3 is 5.97 Å². The quantitative estimate of drug-likeness (QED) is 0.587. The van der Waals surface area contributed by atoms with E-state index in [0.29, 0.717) is 12.5 Å². The number of rotatable bonds is 8. The predicted molar refractivity (Wildman–Crippen MR) is 103 cm³/mol. The highest BCUT2D eigenvalue weighted by Crippen LogP contribution is 2.37. The van der Waals surface area contributed by atoms with Gasteiger partial charge in [0, 0.05) is 13.0 Å². The molecule has 1 unspecified atom stereocenters. The molecule has 2 aliphatic heterocycles. The van der Waals surface area contributed by atoms with Crippen molar-refractivity contribution < 1.29 is 33.8 Å². The van der Waals surface area contributed by atoms with E-state index in [9.17, 15) is 19.2 Å². The van der Waals surface area contributed by atoms with Gasteiger partial charge in [0.05, 0.1) is 25.4 Å². The molecular formula is C21H24N2O7. The minimum absolute atomic E-state index is 0.00643. The molecule has 1 aliphatic carbocycles. The van der Waals surface area contributed by atoms with Gasteiger partial charge in [-0.1, -0.05) is 12.1 Å². The maximum Gasteiger partial charge on any atom is 0.322 e. The number of Topliss-reactive ketones (excluding diaryl/α,β-unsaturated/α-hetero) is 1. The minimum Gasteiger partial charge on any atom is -0.493 e. The van der Waals surface area contributed by atoms with Crippen LogP contribution in [0.5, 0.6) is 5.75 Å². The van der Waals surface area contributed by atoms with Gasteiger partial charge in [0.1, 0.15) is 12.3 Å². The standard InChI is InChI=1S/C21H24N2O7/c24-16-7-21(11-29-12-21)23(20(28)18(16)19(27)22-8-17(25)26)9-13-3-5-15(6-4-13)30-10-14-1-2-14/h3-6,14,18H,1-2,7-12H2,(H,22,27)(H,25,26). The van der Waals surface area contributed by atoms with E-state index in [1.54, 1.807) is 0 Å². The second kappa shape index (κ2) is 8.06. The van der Waals surface area contributed by atoms with Crippen LogP contribution in [0.3, 0.4) is 0 Å². The molecule has 1 spiro atoms. The van der Waals surface area contributed by atoms with Crippen LogP contribution in [0.15, 0.2) is 24.3 Å². The number of ketones is 1. The largest absolute Gasteiger partial charge is 0.493 e. The number of carboxylic acids is 1. The highest BCUT2D eigenvalue weighted by molar-refractivity contribution is 6.20. The molecule has 0 bridgehead atoms.